The second-order valence-electron chi connectivity index (χ2n) is 6.16. The molecule has 0 aliphatic heterocycles. The highest BCUT2D eigenvalue weighted by Gasteiger charge is 2.09. The predicted octanol–water partition coefficient (Wildman–Crippen LogP) is 4.06. The third kappa shape index (κ3) is 6.50. The maximum atomic E-state index is 12.4. The van der Waals surface area contributed by atoms with Crippen molar-refractivity contribution in [2.45, 2.75) is 27.3 Å². The summed E-state index contributed by atoms with van der Waals surface area (Å²) in [5, 5.41) is 8.97. The molecule has 2 amide bonds. The van der Waals surface area contributed by atoms with Crippen molar-refractivity contribution in [3.05, 3.63) is 59.7 Å². The molecule has 26 heavy (non-hydrogen) atoms. The van der Waals surface area contributed by atoms with Gasteiger partial charge in [-0.2, -0.15) is 0 Å². The molecule has 2 rings (SSSR count). The van der Waals surface area contributed by atoms with E-state index >= 15 is 0 Å². The lowest BCUT2D eigenvalue weighted by Crippen LogP contribution is -2.18. The Morgan fingerprint density at radius 1 is 0.962 bits per heavy atom. The van der Waals surface area contributed by atoms with Crippen LogP contribution in [0.25, 0.3) is 0 Å². The van der Waals surface area contributed by atoms with Crippen molar-refractivity contribution in [3.8, 4) is 0 Å². The Hall–Kier alpha value is -2.37. The van der Waals surface area contributed by atoms with Crippen LogP contribution in [-0.2, 0) is 11.3 Å². The summed E-state index contributed by atoms with van der Waals surface area (Å²) in [6.45, 7) is 7.39. The van der Waals surface area contributed by atoms with Crippen molar-refractivity contribution in [1.82, 2.24) is 5.32 Å². The number of benzene rings is 2. The molecule has 3 N–H and O–H groups in total. The van der Waals surface area contributed by atoms with E-state index in [-0.39, 0.29) is 30.1 Å². The van der Waals surface area contributed by atoms with Crippen LogP contribution in [0.5, 0.6) is 0 Å². The van der Waals surface area contributed by atoms with Crippen LogP contribution in [0.15, 0.2) is 48.5 Å². The topological polar surface area (TPSA) is 70.2 Å². The van der Waals surface area contributed by atoms with Crippen LogP contribution >= 0.6 is 12.4 Å². The summed E-state index contributed by atoms with van der Waals surface area (Å²) in [7, 11) is 0. The molecule has 5 nitrogen and oxygen atoms in total. The number of halogens is 1. The van der Waals surface area contributed by atoms with Crippen molar-refractivity contribution >= 4 is 35.6 Å². The number of anilines is 2. The average Bonchev–Trinajstić information content (AvgIpc) is 2.60. The summed E-state index contributed by atoms with van der Waals surface area (Å²) in [6.07, 6.45) is 0. The lowest BCUT2D eigenvalue weighted by atomic mass is 10.1. The molecular formula is C20H26ClN3O2. The van der Waals surface area contributed by atoms with E-state index in [1.807, 2.05) is 38.1 Å². The molecule has 140 valence electrons. The molecule has 0 aliphatic carbocycles. The summed E-state index contributed by atoms with van der Waals surface area (Å²) in [5.41, 5.74) is 3.10. The van der Waals surface area contributed by atoms with Gasteiger partial charge in [-0.25, -0.2) is 0 Å². The molecule has 0 aliphatic rings. The normalized spacial score (nSPS) is 10.2. The zero-order valence-electron chi connectivity index (χ0n) is 15.3. The molecule has 0 heterocycles. The Morgan fingerprint density at radius 2 is 1.65 bits per heavy atom. The van der Waals surface area contributed by atoms with E-state index in [0.29, 0.717) is 11.3 Å². The first kappa shape index (κ1) is 21.7. The average molecular weight is 376 g/mol. The van der Waals surface area contributed by atoms with Crippen LogP contribution in [0.1, 0.15) is 36.7 Å². The zero-order chi connectivity index (χ0) is 18.2. The molecular weight excluding hydrogens is 350 g/mol. The summed E-state index contributed by atoms with van der Waals surface area (Å²) < 4.78 is 0. The molecule has 0 saturated heterocycles. The van der Waals surface area contributed by atoms with Gasteiger partial charge in [-0.15, -0.1) is 12.4 Å². The molecule has 2 aromatic carbocycles. The summed E-state index contributed by atoms with van der Waals surface area (Å²) in [6, 6.07) is 14.6. The zero-order valence-corrected chi connectivity index (χ0v) is 16.2. The van der Waals surface area contributed by atoms with Crippen molar-refractivity contribution < 1.29 is 9.59 Å². The fraction of sp³-hybridized carbons (Fsp3) is 0.300. The van der Waals surface area contributed by atoms with Gasteiger partial charge < -0.3 is 16.0 Å². The van der Waals surface area contributed by atoms with Crippen molar-refractivity contribution in [2.24, 2.45) is 5.92 Å². The number of hydrogen-bond donors (Lipinski definition) is 3. The maximum absolute atomic E-state index is 12.4. The first-order chi connectivity index (χ1) is 12.0. The highest BCUT2D eigenvalue weighted by molar-refractivity contribution is 6.04. The molecule has 0 spiro atoms. The van der Waals surface area contributed by atoms with Gasteiger partial charge in [-0.05, 0) is 48.5 Å². The standard InChI is InChI=1S/C20H25N3O2.ClH/c1-4-21-13-15-6-5-7-18(12-15)23-20(25)16-8-10-17(11-9-16)22-19(24)14(2)3;/h5-12,14,21H,4,13H2,1-3H3,(H,22,24)(H,23,25);1H. The van der Waals surface area contributed by atoms with Gasteiger partial charge in [0.25, 0.3) is 5.91 Å². The van der Waals surface area contributed by atoms with Crippen LogP contribution in [-0.4, -0.2) is 18.4 Å². The Kier molecular flexibility index (Phi) is 8.82. The minimum Gasteiger partial charge on any atom is -0.326 e. The molecule has 6 heteroatoms. The van der Waals surface area contributed by atoms with Gasteiger partial charge in [0.15, 0.2) is 0 Å². The van der Waals surface area contributed by atoms with Gasteiger partial charge in [-0.1, -0.05) is 32.9 Å². The van der Waals surface area contributed by atoms with Crippen LogP contribution in [0.3, 0.4) is 0 Å². The summed E-state index contributed by atoms with van der Waals surface area (Å²) in [5.74, 6) is -0.311. The highest BCUT2D eigenvalue weighted by atomic mass is 35.5. The lowest BCUT2D eigenvalue weighted by Gasteiger charge is -2.10. The van der Waals surface area contributed by atoms with Crippen molar-refractivity contribution in [2.75, 3.05) is 17.2 Å². The molecule has 0 radical (unpaired) electrons. The molecule has 0 fully saturated rings. The SMILES string of the molecule is CCNCc1cccc(NC(=O)c2ccc(NC(=O)C(C)C)cc2)c1.Cl. The number of amides is 2. The number of nitrogens with one attached hydrogen (secondary N) is 3. The van der Waals surface area contributed by atoms with Gasteiger partial charge in [-0.3, -0.25) is 9.59 Å². The Balaban J connectivity index is 0.00000338. The molecule has 0 unspecified atom stereocenters. The monoisotopic (exact) mass is 375 g/mol. The summed E-state index contributed by atoms with van der Waals surface area (Å²) in [4.78, 5) is 24.1. The Bertz CT molecular complexity index is 730. The molecule has 0 atom stereocenters. The molecule has 2 aromatic rings. The number of carbonyl (C=O) groups excluding carboxylic acids is 2. The predicted molar refractivity (Wildman–Crippen MR) is 109 cm³/mol. The second-order valence-corrected chi connectivity index (χ2v) is 6.16. The van der Waals surface area contributed by atoms with Crippen LogP contribution in [0.2, 0.25) is 0 Å². The van der Waals surface area contributed by atoms with Crippen LogP contribution in [0.4, 0.5) is 11.4 Å². The quantitative estimate of drug-likeness (QED) is 0.683. The van der Waals surface area contributed by atoms with Gasteiger partial charge in [0.1, 0.15) is 0 Å². The van der Waals surface area contributed by atoms with Crippen molar-refractivity contribution in [1.29, 1.82) is 0 Å². The van der Waals surface area contributed by atoms with Crippen molar-refractivity contribution in [3.63, 3.8) is 0 Å². The van der Waals surface area contributed by atoms with E-state index in [9.17, 15) is 9.59 Å². The first-order valence-corrected chi connectivity index (χ1v) is 8.51. The highest BCUT2D eigenvalue weighted by Crippen LogP contribution is 2.15. The van der Waals surface area contributed by atoms with E-state index in [4.69, 9.17) is 0 Å². The fourth-order valence-corrected chi connectivity index (χ4v) is 2.22. The third-order valence-corrected chi connectivity index (χ3v) is 3.70. The fourth-order valence-electron chi connectivity index (χ4n) is 2.22. The van der Waals surface area contributed by atoms with Gasteiger partial charge in [0.05, 0.1) is 0 Å². The lowest BCUT2D eigenvalue weighted by molar-refractivity contribution is -0.118. The van der Waals surface area contributed by atoms with Crippen LogP contribution in [0, 0.1) is 5.92 Å². The second kappa shape index (κ2) is 10.6. The van der Waals surface area contributed by atoms with E-state index in [1.165, 1.54) is 0 Å². The number of carbonyl (C=O) groups is 2. The minimum absolute atomic E-state index is 0. The largest absolute Gasteiger partial charge is 0.326 e. The van der Waals surface area contributed by atoms with Gasteiger partial charge >= 0.3 is 0 Å². The van der Waals surface area contributed by atoms with E-state index in [0.717, 1.165) is 24.3 Å². The van der Waals surface area contributed by atoms with Crippen LogP contribution < -0.4 is 16.0 Å². The molecule has 0 bridgehead atoms. The number of hydrogen-bond acceptors (Lipinski definition) is 3. The van der Waals surface area contributed by atoms with E-state index < -0.39 is 0 Å². The Labute approximate surface area is 161 Å². The van der Waals surface area contributed by atoms with Gasteiger partial charge in [0, 0.05) is 29.4 Å². The maximum Gasteiger partial charge on any atom is 0.255 e. The third-order valence-electron chi connectivity index (χ3n) is 3.70. The van der Waals surface area contributed by atoms with Gasteiger partial charge in [0.2, 0.25) is 5.91 Å². The number of rotatable bonds is 7. The van der Waals surface area contributed by atoms with E-state index in [2.05, 4.69) is 22.9 Å². The smallest absolute Gasteiger partial charge is 0.255 e. The minimum atomic E-state index is -0.178. The Morgan fingerprint density at radius 3 is 2.27 bits per heavy atom. The first-order valence-electron chi connectivity index (χ1n) is 8.51. The molecule has 0 aromatic heterocycles. The summed E-state index contributed by atoms with van der Waals surface area (Å²) >= 11 is 0. The molecule has 0 saturated carbocycles. The van der Waals surface area contributed by atoms with E-state index in [1.54, 1.807) is 24.3 Å².